The van der Waals surface area contributed by atoms with Gasteiger partial charge >= 0.3 is 0 Å². The van der Waals surface area contributed by atoms with Crippen molar-refractivity contribution in [2.24, 2.45) is 10.7 Å². The zero-order valence-corrected chi connectivity index (χ0v) is 12.0. The van der Waals surface area contributed by atoms with Crippen LogP contribution in [0.4, 0.5) is 0 Å². The zero-order valence-electron chi connectivity index (χ0n) is 12.0. The molecule has 0 aromatic heterocycles. The van der Waals surface area contributed by atoms with Crippen molar-refractivity contribution in [2.75, 3.05) is 6.54 Å². The summed E-state index contributed by atoms with van der Waals surface area (Å²) in [6.45, 7) is 5.19. The smallest absolute Gasteiger partial charge is 0.103 e. The van der Waals surface area contributed by atoms with Gasteiger partial charge in [-0.15, -0.1) is 0 Å². The van der Waals surface area contributed by atoms with E-state index < -0.39 is 0 Å². The third-order valence-electron chi connectivity index (χ3n) is 3.45. The molecule has 1 rings (SSSR count). The van der Waals surface area contributed by atoms with Gasteiger partial charge in [-0.25, -0.2) is 0 Å². The van der Waals surface area contributed by atoms with Crippen molar-refractivity contribution in [2.45, 2.75) is 71.1 Å². The van der Waals surface area contributed by atoms with Crippen molar-refractivity contribution in [3.8, 4) is 0 Å². The Balaban J connectivity index is 2.05. The van der Waals surface area contributed by atoms with Crippen LogP contribution in [0.1, 0.15) is 58.8 Å². The number of allylic oxidation sites excluding steroid dienone is 2. The summed E-state index contributed by atoms with van der Waals surface area (Å²) in [6.07, 6.45) is 15.8. The molecule has 0 amide bonds. The fraction of sp³-hybridized carbons (Fsp3) is 0.800. The van der Waals surface area contributed by atoms with Crippen molar-refractivity contribution in [3.05, 3.63) is 12.2 Å². The largest absolute Gasteiger partial charge is 0.316 e. The van der Waals surface area contributed by atoms with E-state index in [0.29, 0.717) is 6.17 Å². The normalized spacial score (nSPS) is 22.1. The molecule has 0 radical (unpaired) electrons. The number of hydrogen-bond acceptors (Lipinski definition) is 3. The number of rotatable bonds is 9. The van der Waals surface area contributed by atoms with E-state index in [1.54, 1.807) is 0 Å². The Morgan fingerprint density at radius 3 is 2.72 bits per heavy atom. The molecular weight excluding hydrogens is 222 g/mol. The van der Waals surface area contributed by atoms with Gasteiger partial charge in [-0.2, -0.15) is 0 Å². The second kappa shape index (κ2) is 9.29. The monoisotopic (exact) mass is 251 g/mol. The first-order valence-corrected chi connectivity index (χ1v) is 7.43. The third kappa shape index (κ3) is 5.78. The maximum Gasteiger partial charge on any atom is 0.103 e. The first-order valence-electron chi connectivity index (χ1n) is 7.43. The van der Waals surface area contributed by atoms with Gasteiger partial charge < -0.3 is 5.73 Å². The minimum atomic E-state index is 0.113. The first-order chi connectivity index (χ1) is 8.75. The van der Waals surface area contributed by atoms with Crippen LogP contribution in [0.25, 0.3) is 0 Å². The van der Waals surface area contributed by atoms with Crippen molar-refractivity contribution in [1.29, 1.82) is 0 Å². The van der Waals surface area contributed by atoms with Gasteiger partial charge in [0.2, 0.25) is 0 Å². The number of hydrogen-bond donors (Lipinski definition) is 1. The molecule has 0 aliphatic carbocycles. The van der Waals surface area contributed by atoms with Crippen molar-refractivity contribution in [3.63, 3.8) is 0 Å². The Labute approximate surface area is 112 Å². The quantitative estimate of drug-likeness (QED) is 0.504. The highest BCUT2D eigenvalue weighted by Gasteiger charge is 2.22. The van der Waals surface area contributed by atoms with Crippen LogP contribution in [-0.4, -0.2) is 30.0 Å². The van der Waals surface area contributed by atoms with E-state index in [1.165, 1.54) is 38.5 Å². The summed E-state index contributed by atoms with van der Waals surface area (Å²) < 4.78 is 0. The van der Waals surface area contributed by atoms with Crippen LogP contribution in [0.15, 0.2) is 17.1 Å². The van der Waals surface area contributed by atoms with Crippen LogP contribution in [-0.2, 0) is 0 Å². The number of aliphatic imine (C=N–C) groups is 1. The lowest BCUT2D eigenvalue weighted by Gasteiger charge is -2.26. The fourth-order valence-electron chi connectivity index (χ4n) is 2.31. The Kier molecular flexibility index (Phi) is 7.94. The van der Waals surface area contributed by atoms with Crippen LogP contribution in [0.2, 0.25) is 0 Å². The predicted octanol–water partition coefficient (Wildman–Crippen LogP) is 3.31. The number of nitrogens with zero attached hydrogens (tertiary/aromatic N) is 2. The first kappa shape index (κ1) is 15.4. The molecule has 3 nitrogen and oxygen atoms in total. The molecule has 0 saturated carbocycles. The highest BCUT2D eigenvalue weighted by Crippen LogP contribution is 2.15. The highest BCUT2D eigenvalue weighted by molar-refractivity contribution is 5.62. The molecule has 0 saturated heterocycles. The van der Waals surface area contributed by atoms with Crippen LogP contribution in [0.5, 0.6) is 0 Å². The van der Waals surface area contributed by atoms with Gasteiger partial charge in [0.1, 0.15) is 6.17 Å². The Hall–Kier alpha value is -0.670. The molecule has 2 unspecified atom stereocenters. The summed E-state index contributed by atoms with van der Waals surface area (Å²) in [5.74, 6) is 0. The second-order valence-electron chi connectivity index (χ2n) is 5.15. The standard InChI is InChI=1S/C15H29N3/c1-3-4-5-6-7-8-9-10-11-15-17-12-13-18(15)14(2)16/h7-8,12,14-15H,3-6,9-11,13,16H2,1-2H3/b8-7+. The van der Waals surface area contributed by atoms with Crippen LogP contribution >= 0.6 is 0 Å². The second-order valence-corrected chi connectivity index (χ2v) is 5.15. The summed E-state index contributed by atoms with van der Waals surface area (Å²) in [5.41, 5.74) is 5.92. The molecule has 2 atom stereocenters. The maximum atomic E-state index is 5.92. The maximum absolute atomic E-state index is 5.92. The van der Waals surface area contributed by atoms with E-state index in [9.17, 15) is 0 Å². The summed E-state index contributed by atoms with van der Waals surface area (Å²) in [7, 11) is 0. The third-order valence-corrected chi connectivity index (χ3v) is 3.45. The van der Waals surface area contributed by atoms with E-state index in [-0.39, 0.29) is 6.17 Å². The van der Waals surface area contributed by atoms with Crippen LogP contribution in [0.3, 0.4) is 0 Å². The average molecular weight is 251 g/mol. The molecule has 104 valence electrons. The Bertz CT molecular complexity index is 258. The van der Waals surface area contributed by atoms with E-state index in [0.717, 1.165) is 13.0 Å². The molecule has 0 aromatic rings. The van der Waals surface area contributed by atoms with Crippen molar-refractivity contribution >= 4 is 6.21 Å². The van der Waals surface area contributed by atoms with E-state index in [1.807, 2.05) is 13.1 Å². The minimum absolute atomic E-state index is 0.113. The van der Waals surface area contributed by atoms with Gasteiger partial charge in [0.15, 0.2) is 0 Å². The van der Waals surface area contributed by atoms with Crippen molar-refractivity contribution < 1.29 is 0 Å². The van der Waals surface area contributed by atoms with E-state index in [2.05, 4.69) is 29.0 Å². The van der Waals surface area contributed by atoms with Crippen molar-refractivity contribution in [1.82, 2.24) is 4.90 Å². The number of unbranched alkanes of at least 4 members (excludes halogenated alkanes) is 4. The molecule has 2 N–H and O–H groups in total. The zero-order chi connectivity index (χ0) is 13.2. The van der Waals surface area contributed by atoms with E-state index in [4.69, 9.17) is 5.73 Å². The molecule has 1 heterocycles. The molecule has 3 heteroatoms. The summed E-state index contributed by atoms with van der Waals surface area (Å²) >= 11 is 0. The van der Waals surface area contributed by atoms with Gasteiger partial charge in [-0.3, -0.25) is 9.89 Å². The molecule has 0 fully saturated rings. The predicted molar refractivity (Wildman–Crippen MR) is 79.8 cm³/mol. The van der Waals surface area contributed by atoms with Gasteiger partial charge in [-0.05, 0) is 39.0 Å². The lowest BCUT2D eigenvalue weighted by Crippen LogP contribution is -2.43. The summed E-state index contributed by atoms with van der Waals surface area (Å²) in [5, 5.41) is 0. The fourth-order valence-corrected chi connectivity index (χ4v) is 2.31. The lowest BCUT2D eigenvalue weighted by atomic mass is 10.1. The average Bonchev–Trinajstić information content (AvgIpc) is 2.81. The summed E-state index contributed by atoms with van der Waals surface area (Å²) in [4.78, 5) is 6.75. The molecule has 1 aliphatic rings. The topological polar surface area (TPSA) is 41.6 Å². The molecule has 1 aliphatic heterocycles. The molecule has 18 heavy (non-hydrogen) atoms. The van der Waals surface area contributed by atoms with E-state index >= 15 is 0 Å². The van der Waals surface area contributed by atoms with Crippen LogP contribution in [0, 0.1) is 0 Å². The van der Waals surface area contributed by atoms with Gasteiger partial charge in [0, 0.05) is 12.8 Å². The van der Waals surface area contributed by atoms with Gasteiger partial charge in [-0.1, -0.05) is 31.9 Å². The lowest BCUT2D eigenvalue weighted by molar-refractivity contribution is 0.183. The van der Waals surface area contributed by atoms with Gasteiger partial charge in [0.05, 0.1) is 6.17 Å². The Morgan fingerprint density at radius 1 is 1.33 bits per heavy atom. The molecule has 0 bridgehead atoms. The van der Waals surface area contributed by atoms with Gasteiger partial charge in [0.25, 0.3) is 0 Å². The number of nitrogens with two attached hydrogens (primary N) is 1. The molecule has 0 aromatic carbocycles. The summed E-state index contributed by atoms with van der Waals surface area (Å²) in [6, 6.07) is 0. The minimum Gasteiger partial charge on any atom is -0.316 e. The highest BCUT2D eigenvalue weighted by atomic mass is 15.3. The Morgan fingerprint density at radius 2 is 2.06 bits per heavy atom. The molecular formula is C15H29N3. The molecule has 0 spiro atoms. The van der Waals surface area contributed by atoms with Crippen LogP contribution < -0.4 is 5.73 Å². The SMILES string of the molecule is CCCCC/C=C/CCCC1N=CCN1C(C)N.